The van der Waals surface area contributed by atoms with Crippen LogP contribution in [0.25, 0.3) is 0 Å². The second-order valence-electron chi connectivity index (χ2n) is 6.51. The van der Waals surface area contributed by atoms with Gasteiger partial charge in [-0.15, -0.1) is 0 Å². The molecule has 0 fully saturated rings. The Hall–Kier alpha value is -0.780. The summed E-state index contributed by atoms with van der Waals surface area (Å²) >= 11 is 0. The summed E-state index contributed by atoms with van der Waals surface area (Å²) in [7, 11) is 0. The van der Waals surface area contributed by atoms with E-state index in [4.69, 9.17) is 0 Å². The lowest BCUT2D eigenvalue weighted by Crippen LogP contribution is -2.13. The average molecular weight is 277 g/mol. The van der Waals surface area contributed by atoms with Crippen LogP contribution in [0.1, 0.15) is 74.1 Å². The van der Waals surface area contributed by atoms with Gasteiger partial charge in [-0.3, -0.25) is 0 Å². The van der Waals surface area contributed by atoms with E-state index < -0.39 is 0 Å². The highest BCUT2D eigenvalue weighted by Gasteiger charge is 2.17. The second kappa shape index (κ2) is 10.0. The molecule has 0 N–H and O–H groups in total. The minimum Gasteiger partial charge on any atom is -0.0915 e. The zero-order valence-corrected chi connectivity index (χ0v) is 14.9. The number of allylic oxidation sites excluding steroid dienone is 5. The van der Waals surface area contributed by atoms with E-state index in [9.17, 15) is 0 Å². The molecule has 0 spiro atoms. The summed E-state index contributed by atoms with van der Waals surface area (Å²) in [6.07, 6.45) is 9.60. The normalized spacial score (nSPS) is 16.4. The molecule has 0 heteroatoms. The molecule has 0 saturated heterocycles. The van der Waals surface area contributed by atoms with Gasteiger partial charge in [-0.1, -0.05) is 65.3 Å². The maximum Gasteiger partial charge on any atom is -0.0204 e. The molecule has 0 saturated carbocycles. The molecule has 0 aromatic heterocycles. The molecule has 0 aliphatic heterocycles. The van der Waals surface area contributed by atoms with Crippen LogP contribution in [0.2, 0.25) is 0 Å². The zero-order chi connectivity index (χ0) is 15.7. The van der Waals surface area contributed by atoms with E-state index in [1.54, 1.807) is 0 Å². The molecule has 0 radical (unpaired) electrons. The molecule has 2 unspecified atom stereocenters. The summed E-state index contributed by atoms with van der Waals surface area (Å²) in [5.41, 5.74) is 3.99. The van der Waals surface area contributed by atoms with Crippen molar-refractivity contribution in [1.29, 1.82) is 0 Å². The molecule has 0 aliphatic carbocycles. The molecule has 20 heavy (non-hydrogen) atoms. The maximum atomic E-state index is 4.23. The van der Waals surface area contributed by atoms with Crippen LogP contribution in [0.4, 0.5) is 0 Å². The van der Waals surface area contributed by atoms with Gasteiger partial charge in [-0.2, -0.15) is 0 Å². The van der Waals surface area contributed by atoms with Gasteiger partial charge in [0, 0.05) is 0 Å². The first-order valence-corrected chi connectivity index (χ1v) is 8.40. The Kier molecular flexibility index (Phi) is 9.63. The van der Waals surface area contributed by atoms with Gasteiger partial charge in [0.25, 0.3) is 0 Å². The van der Waals surface area contributed by atoms with Crippen molar-refractivity contribution in [2.45, 2.75) is 74.1 Å². The number of hydrogen-bond donors (Lipinski definition) is 0. The third-order valence-corrected chi connectivity index (χ3v) is 4.57. The number of rotatable bonds is 9. The first-order valence-electron chi connectivity index (χ1n) is 8.40. The molecular formula is C20H36. The second-order valence-corrected chi connectivity index (χ2v) is 6.51. The summed E-state index contributed by atoms with van der Waals surface area (Å²) in [6, 6.07) is 0. The highest BCUT2D eigenvalue weighted by molar-refractivity contribution is 5.38. The first-order chi connectivity index (χ1) is 9.37. The van der Waals surface area contributed by atoms with E-state index in [1.165, 1.54) is 36.0 Å². The Morgan fingerprint density at radius 2 is 1.65 bits per heavy atom. The van der Waals surface area contributed by atoms with Crippen LogP contribution in [0.3, 0.4) is 0 Å². The SMILES string of the molecule is C=C(C=CC(CC)C(CC)CC(C)C)C(C)=C(C)CC. The van der Waals surface area contributed by atoms with Gasteiger partial charge in [0.15, 0.2) is 0 Å². The van der Waals surface area contributed by atoms with Crippen molar-refractivity contribution >= 4 is 0 Å². The van der Waals surface area contributed by atoms with Crippen LogP contribution in [0.15, 0.2) is 35.5 Å². The molecule has 0 heterocycles. The van der Waals surface area contributed by atoms with Crippen LogP contribution >= 0.6 is 0 Å². The highest BCUT2D eigenvalue weighted by atomic mass is 14.2. The van der Waals surface area contributed by atoms with Crippen molar-refractivity contribution in [3.8, 4) is 0 Å². The lowest BCUT2D eigenvalue weighted by molar-refractivity contribution is 0.310. The van der Waals surface area contributed by atoms with E-state index in [1.807, 2.05) is 0 Å². The smallest absolute Gasteiger partial charge is 0.0204 e. The van der Waals surface area contributed by atoms with Crippen molar-refractivity contribution in [2.75, 3.05) is 0 Å². The minimum atomic E-state index is 0.689. The molecule has 0 rings (SSSR count). The average Bonchev–Trinajstić information content (AvgIpc) is 2.43. The molecule has 116 valence electrons. The summed E-state index contributed by atoms with van der Waals surface area (Å²) in [5.74, 6) is 2.28. The lowest BCUT2D eigenvalue weighted by atomic mass is 9.81. The van der Waals surface area contributed by atoms with E-state index in [-0.39, 0.29) is 0 Å². The van der Waals surface area contributed by atoms with E-state index in [0.29, 0.717) is 5.92 Å². The van der Waals surface area contributed by atoms with Crippen LogP contribution in [-0.2, 0) is 0 Å². The van der Waals surface area contributed by atoms with Gasteiger partial charge in [0.1, 0.15) is 0 Å². The predicted molar refractivity (Wildman–Crippen MR) is 94.0 cm³/mol. The Balaban J connectivity index is 4.86. The van der Waals surface area contributed by atoms with Crippen molar-refractivity contribution in [3.05, 3.63) is 35.5 Å². The van der Waals surface area contributed by atoms with E-state index in [2.05, 4.69) is 67.2 Å². The summed E-state index contributed by atoms with van der Waals surface area (Å²) in [6.45, 7) is 20.1. The third-order valence-electron chi connectivity index (χ3n) is 4.57. The molecule has 2 atom stereocenters. The van der Waals surface area contributed by atoms with Crippen LogP contribution in [0, 0.1) is 17.8 Å². The van der Waals surface area contributed by atoms with Crippen molar-refractivity contribution in [2.24, 2.45) is 17.8 Å². The largest absolute Gasteiger partial charge is 0.0915 e. The van der Waals surface area contributed by atoms with Gasteiger partial charge in [0.2, 0.25) is 0 Å². The van der Waals surface area contributed by atoms with Gasteiger partial charge >= 0.3 is 0 Å². The topological polar surface area (TPSA) is 0 Å². The Morgan fingerprint density at radius 3 is 2.05 bits per heavy atom. The predicted octanol–water partition coefficient (Wildman–Crippen LogP) is 6.94. The Morgan fingerprint density at radius 1 is 1.05 bits per heavy atom. The minimum absolute atomic E-state index is 0.689. The van der Waals surface area contributed by atoms with Crippen molar-refractivity contribution in [1.82, 2.24) is 0 Å². The first kappa shape index (κ1) is 19.2. The molecule has 0 aromatic carbocycles. The van der Waals surface area contributed by atoms with E-state index in [0.717, 1.165) is 18.3 Å². The van der Waals surface area contributed by atoms with Crippen molar-refractivity contribution < 1.29 is 0 Å². The monoisotopic (exact) mass is 276 g/mol. The number of hydrogen-bond acceptors (Lipinski definition) is 0. The Labute approximate surface area is 128 Å². The van der Waals surface area contributed by atoms with Gasteiger partial charge in [-0.25, -0.2) is 0 Å². The Bertz CT molecular complexity index is 341. The van der Waals surface area contributed by atoms with E-state index >= 15 is 0 Å². The highest BCUT2D eigenvalue weighted by Crippen LogP contribution is 2.28. The zero-order valence-electron chi connectivity index (χ0n) is 14.9. The van der Waals surface area contributed by atoms with Crippen LogP contribution in [0.5, 0.6) is 0 Å². The maximum absolute atomic E-state index is 4.23. The van der Waals surface area contributed by atoms with Crippen molar-refractivity contribution in [3.63, 3.8) is 0 Å². The molecule has 0 aliphatic rings. The molecule has 0 nitrogen and oxygen atoms in total. The summed E-state index contributed by atoms with van der Waals surface area (Å²) in [5, 5.41) is 0. The molecule has 0 amide bonds. The lowest BCUT2D eigenvalue weighted by Gasteiger charge is -2.24. The molecule has 0 bridgehead atoms. The quantitative estimate of drug-likeness (QED) is 0.400. The van der Waals surface area contributed by atoms with Crippen LogP contribution in [-0.4, -0.2) is 0 Å². The third kappa shape index (κ3) is 6.59. The fraction of sp³-hybridized carbons (Fsp3) is 0.700. The van der Waals surface area contributed by atoms with Crippen LogP contribution < -0.4 is 0 Å². The summed E-state index contributed by atoms with van der Waals surface area (Å²) in [4.78, 5) is 0. The van der Waals surface area contributed by atoms with Gasteiger partial charge in [0.05, 0.1) is 0 Å². The standard InChI is InChI=1S/C20H36/c1-9-16(6)18(8)17(7)12-13-19(10-2)20(11-3)14-15(4)5/h12-13,15,19-20H,7,9-11,14H2,1-6,8H3. The molecule has 0 aromatic rings. The molecular weight excluding hydrogens is 240 g/mol. The fourth-order valence-corrected chi connectivity index (χ4v) is 2.78. The summed E-state index contributed by atoms with van der Waals surface area (Å²) < 4.78 is 0. The van der Waals surface area contributed by atoms with Gasteiger partial charge < -0.3 is 0 Å². The fourth-order valence-electron chi connectivity index (χ4n) is 2.78. The van der Waals surface area contributed by atoms with Gasteiger partial charge in [-0.05, 0) is 62.0 Å².